The van der Waals surface area contributed by atoms with E-state index in [1.54, 1.807) is 13.0 Å². The molecule has 1 fully saturated rings. The molecule has 3 rings (SSSR count). The van der Waals surface area contributed by atoms with Crippen LogP contribution in [0.5, 0.6) is 5.88 Å². The van der Waals surface area contributed by atoms with Gasteiger partial charge in [-0.2, -0.15) is 13.2 Å². The van der Waals surface area contributed by atoms with Crippen molar-refractivity contribution >= 4 is 11.6 Å². The van der Waals surface area contributed by atoms with Crippen molar-refractivity contribution in [1.82, 2.24) is 9.97 Å². The van der Waals surface area contributed by atoms with Gasteiger partial charge in [-0.25, -0.2) is 9.97 Å². The van der Waals surface area contributed by atoms with Crippen molar-refractivity contribution in [3.8, 4) is 5.88 Å². The van der Waals surface area contributed by atoms with Gasteiger partial charge in [0, 0.05) is 5.56 Å². The highest BCUT2D eigenvalue weighted by atomic mass is 19.4. The zero-order valence-corrected chi connectivity index (χ0v) is 14.1. The number of oxazole rings is 1. The van der Waals surface area contributed by atoms with Crippen LogP contribution >= 0.6 is 0 Å². The second-order valence-electron chi connectivity index (χ2n) is 6.21. The summed E-state index contributed by atoms with van der Waals surface area (Å²) in [5.41, 5.74) is 1.10. The monoisotopic (exact) mass is 369 g/mol. The predicted molar refractivity (Wildman–Crippen MR) is 86.2 cm³/mol. The quantitative estimate of drug-likeness (QED) is 0.853. The number of nitrogens with one attached hydrogen (secondary N) is 1. The number of alkyl halides is 3. The molecule has 140 valence electrons. The lowest BCUT2D eigenvalue weighted by atomic mass is 9.98. The number of carbonyl (C=O) groups excluding carboxylic acids is 1. The van der Waals surface area contributed by atoms with E-state index < -0.39 is 18.7 Å². The highest BCUT2D eigenvalue weighted by Gasteiger charge is 2.30. The standard InChI is InChI=1S/C17H18F3N3O3/c1-10-14(22-9-26-10)15(24)23-12-6-13(11-4-2-3-5-11)16(21-7-12)25-8-17(18,19)20/h6-7,9,11H,2-5,8H2,1H3,(H,23,24). The molecule has 0 aromatic carbocycles. The molecule has 0 spiro atoms. The van der Waals surface area contributed by atoms with Crippen LogP contribution in [0.2, 0.25) is 0 Å². The number of ether oxygens (including phenoxy) is 1. The van der Waals surface area contributed by atoms with Crippen LogP contribution in [0.25, 0.3) is 0 Å². The molecule has 0 atom stereocenters. The van der Waals surface area contributed by atoms with Gasteiger partial charge in [-0.1, -0.05) is 12.8 Å². The number of hydrogen-bond donors (Lipinski definition) is 1. The molecule has 1 aliphatic rings. The molecular weight excluding hydrogens is 351 g/mol. The Kier molecular flexibility index (Phi) is 5.15. The fourth-order valence-electron chi connectivity index (χ4n) is 3.05. The summed E-state index contributed by atoms with van der Waals surface area (Å²) in [6.45, 7) is 0.210. The average molecular weight is 369 g/mol. The predicted octanol–water partition coefficient (Wildman–Crippen LogP) is 4.23. The fourth-order valence-corrected chi connectivity index (χ4v) is 3.05. The molecule has 6 nitrogen and oxygen atoms in total. The van der Waals surface area contributed by atoms with Crippen LogP contribution in [-0.2, 0) is 0 Å². The Morgan fingerprint density at radius 3 is 2.69 bits per heavy atom. The third kappa shape index (κ3) is 4.33. The molecule has 0 aliphatic heterocycles. The molecule has 26 heavy (non-hydrogen) atoms. The molecule has 0 radical (unpaired) electrons. The summed E-state index contributed by atoms with van der Waals surface area (Å²) < 4.78 is 47.3. The molecule has 0 unspecified atom stereocenters. The van der Waals surface area contributed by atoms with Crippen molar-refractivity contribution in [3.05, 3.63) is 35.7 Å². The molecule has 2 aromatic heterocycles. The normalized spacial score (nSPS) is 15.2. The largest absolute Gasteiger partial charge is 0.468 e. The van der Waals surface area contributed by atoms with Gasteiger partial charge in [-0.15, -0.1) is 0 Å². The summed E-state index contributed by atoms with van der Waals surface area (Å²) in [7, 11) is 0. The SMILES string of the molecule is Cc1ocnc1C(=O)Nc1cnc(OCC(F)(F)F)c(C2CCCC2)c1. The van der Waals surface area contributed by atoms with E-state index in [4.69, 9.17) is 9.15 Å². The van der Waals surface area contributed by atoms with Crippen molar-refractivity contribution in [1.29, 1.82) is 0 Å². The first-order valence-electron chi connectivity index (χ1n) is 8.24. The Morgan fingerprint density at radius 2 is 2.08 bits per heavy atom. The number of nitrogens with zero attached hydrogens (tertiary/aromatic N) is 2. The van der Waals surface area contributed by atoms with Crippen molar-refractivity contribution in [2.24, 2.45) is 0 Å². The van der Waals surface area contributed by atoms with E-state index in [-0.39, 0.29) is 17.5 Å². The minimum Gasteiger partial charge on any atom is -0.468 e. The first-order valence-corrected chi connectivity index (χ1v) is 8.24. The fraction of sp³-hybridized carbons (Fsp3) is 0.471. The molecule has 0 saturated heterocycles. The van der Waals surface area contributed by atoms with E-state index in [0.717, 1.165) is 25.7 Å². The molecule has 1 amide bonds. The molecular formula is C17H18F3N3O3. The van der Waals surface area contributed by atoms with Gasteiger partial charge >= 0.3 is 6.18 Å². The van der Waals surface area contributed by atoms with E-state index in [1.165, 1.54) is 12.6 Å². The third-order valence-electron chi connectivity index (χ3n) is 4.26. The highest BCUT2D eigenvalue weighted by Crippen LogP contribution is 2.39. The Morgan fingerprint density at radius 1 is 1.35 bits per heavy atom. The number of pyridine rings is 1. The lowest BCUT2D eigenvalue weighted by Gasteiger charge is -2.17. The minimum absolute atomic E-state index is 0.0372. The summed E-state index contributed by atoms with van der Waals surface area (Å²) in [5.74, 6) is -0.0720. The van der Waals surface area contributed by atoms with Crippen molar-refractivity contribution < 1.29 is 27.1 Å². The number of anilines is 1. The Hall–Kier alpha value is -2.58. The van der Waals surface area contributed by atoms with Crippen molar-refractivity contribution in [2.45, 2.75) is 44.7 Å². The van der Waals surface area contributed by atoms with Crippen LogP contribution in [0.4, 0.5) is 18.9 Å². The van der Waals surface area contributed by atoms with Crippen LogP contribution in [0.15, 0.2) is 23.1 Å². The molecule has 0 bridgehead atoms. The Balaban J connectivity index is 1.82. The number of hydrogen-bond acceptors (Lipinski definition) is 5. The molecule has 2 heterocycles. The van der Waals surface area contributed by atoms with Crippen LogP contribution in [0.1, 0.15) is 53.4 Å². The third-order valence-corrected chi connectivity index (χ3v) is 4.26. The van der Waals surface area contributed by atoms with E-state index in [0.29, 0.717) is 17.0 Å². The second kappa shape index (κ2) is 7.35. The number of aromatic nitrogens is 2. The zero-order valence-electron chi connectivity index (χ0n) is 14.1. The van der Waals surface area contributed by atoms with Gasteiger partial charge in [0.15, 0.2) is 18.7 Å². The van der Waals surface area contributed by atoms with E-state index >= 15 is 0 Å². The van der Waals surface area contributed by atoms with Gasteiger partial charge in [0.05, 0.1) is 11.9 Å². The van der Waals surface area contributed by atoms with Gasteiger partial charge in [-0.05, 0) is 31.7 Å². The minimum atomic E-state index is -4.44. The summed E-state index contributed by atoms with van der Waals surface area (Å²) in [5, 5.41) is 2.65. The van der Waals surface area contributed by atoms with Crippen LogP contribution in [-0.4, -0.2) is 28.7 Å². The average Bonchev–Trinajstić information content (AvgIpc) is 3.24. The maximum absolute atomic E-state index is 12.5. The maximum Gasteiger partial charge on any atom is 0.422 e. The Labute approximate surface area is 147 Å². The maximum atomic E-state index is 12.5. The van der Waals surface area contributed by atoms with Gasteiger partial charge < -0.3 is 14.5 Å². The Bertz CT molecular complexity index is 783. The van der Waals surface area contributed by atoms with E-state index in [9.17, 15) is 18.0 Å². The van der Waals surface area contributed by atoms with Crippen LogP contribution in [0.3, 0.4) is 0 Å². The summed E-state index contributed by atoms with van der Waals surface area (Å²) in [6.07, 6.45) is 1.70. The highest BCUT2D eigenvalue weighted by molar-refractivity contribution is 6.03. The van der Waals surface area contributed by atoms with Gasteiger partial charge in [-0.3, -0.25) is 4.79 Å². The second-order valence-corrected chi connectivity index (χ2v) is 6.21. The van der Waals surface area contributed by atoms with Gasteiger partial charge in [0.25, 0.3) is 5.91 Å². The lowest BCUT2D eigenvalue weighted by Crippen LogP contribution is -2.21. The number of aryl methyl sites for hydroxylation is 1. The molecule has 1 aliphatic carbocycles. The first kappa shape index (κ1) is 18.2. The van der Waals surface area contributed by atoms with E-state index in [1.807, 2.05) is 0 Å². The number of rotatable bonds is 5. The number of halogens is 3. The van der Waals surface area contributed by atoms with Crippen molar-refractivity contribution in [2.75, 3.05) is 11.9 Å². The van der Waals surface area contributed by atoms with Crippen molar-refractivity contribution in [3.63, 3.8) is 0 Å². The summed E-state index contributed by atoms with van der Waals surface area (Å²) in [4.78, 5) is 20.1. The van der Waals surface area contributed by atoms with Crippen LogP contribution in [0, 0.1) is 6.92 Å². The number of carbonyl (C=O) groups is 1. The first-order chi connectivity index (χ1) is 12.3. The van der Waals surface area contributed by atoms with E-state index in [2.05, 4.69) is 15.3 Å². The molecule has 2 aromatic rings. The lowest BCUT2D eigenvalue weighted by molar-refractivity contribution is -0.154. The smallest absolute Gasteiger partial charge is 0.422 e. The summed E-state index contributed by atoms with van der Waals surface area (Å²) in [6, 6.07) is 1.63. The molecule has 1 N–H and O–H groups in total. The molecule has 9 heteroatoms. The van der Waals surface area contributed by atoms with Gasteiger partial charge in [0.2, 0.25) is 5.88 Å². The zero-order chi connectivity index (χ0) is 18.7. The molecule has 1 saturated carbocycles. The number of amides is 1. The topological polar surface area (TPSA) is 77.3 Å². The summed E-state index contributed by atoms with van der Waals surface area (Å²) >= 11 is 0. The van der Waals surface area contributed by atoms with Crippen LogP contribution < -0.4 is 10.1 Å². The van der Waals surface area contributed by atoms with Gasteiger partial charge in [0.1, 0.15) is 5.76 Å².